The van der Waals surface area contributed by atoms with Gasteiger partial charge in [0.1, 0.15) is 0 Å². The first-order valence-corrected chi connectivity index (χ1v) is 9.62. The quantitative estimate of drug-likeness (QED) is 0.740. The number of hydrogen-bond donors (Lipinski definition) is 1. The predicted octanol–water partition coefficient (Wildman–Crippen LogP) is 3.75. The molecular formula is C19H25NO3S. The highest BCUT2D eigenvalue weighted by Gasteiger charge is 2.14. The van der Waals surface area contributed by atoms with Crippen LogP contribution in [0, 0.1) is 13.8 Å². The fourth-order valence-electron chi connectivity index (χ4n) is 2.32. The molecule has 1 N–H and O–H groups in total. The maximum Gasteiger partial charge on any atom is 0.240 e. The average Bonchev–Trinajstić information content (AvgIpc) is 2.57. The normalized spacial score (nSPS) is 13.0. The van der Waals surface area contributed by atoms with Crippen molar-refractivity contribution in [3.05, 3.63) is 65.2 Å². The van der Waals surface area contributed by atoms with E-state index in [1.165, 1.54) is 0 Å². The Bertz CT molecular complexity index is 757. The highest BCUT2D eigenvalue weighted by Crippen LogP contribution is 2.16. The summed E-state index contributed by atoms with van der Waals surface area (Å²) in [6, 6.07) is 15.1. The minimum atomic E-state index is -3.46. The fraction of sp³-hybridized carbons (Fsp3) is 0.368. The van der Waals surface area contributed by atoms with Gasteiger partial charge in [0.15, 0.2) is 0 Å². The Balaban J connectivity index is 1.78. The summed E-state index contributed by atoms with van der Waals surface area (Å²) in [4.78, 5) is 0.309. The van der Waals surface area contributed by atoms with Crippen LogP contribution in [0.5, 0.6) is 0 Å². The van der Waals surface area contributed by atoms with Crippen molar-refractivity contribution in [3.63, 3.8) is 0 Å². The second-order valence-electron chi connectivity index (χ2n) is 5.92. The first kappa shape index (κ1) is 18.6. The van der Waals surface area contributed by atoms with Gasteiger partial charge < -0.3 is 4.74 Å². The largest absolute Gasteiger partial charge is 0.374 e. The van der Waals surface area contributed by atoms with E-state index < -0.39 is 10.0 Å². The summed E-state index contributed by atoms with van der Waals surface area (Å²) >= 11 is 0. The molecule has 0 aliphatic heterocycles. The molecule has 0 saturated heterocycles. The van der Waals surface area contributed by atoms with Gasteiger partial charge >= 0.3 is 0 Å². The van der Waals surface area contributed by atoms with Crippen molar-refractivity contribution in [3.8, 4) is 0 Å². The van der Waals surface area contributed by atoms with E-state index in [4.69, 9.17) is 4.74 Å². The lowest BCUT2D eigenvalue weighted by Gasteiger charge is -2.13. The van der Waals surface area contributed by atoms with Crippen molar-refractivity contribution in [1.82, 2.24) is 4.72 Å². The van der Waals surface area contributed by atoms with E-state index in [2.05, 4.69) is 4.72 Å². The highest BCUT2D eigenvalue weighted by molar-refractivity contribution is 7.89. The minimum absolute atomic E-state index is 0.00237. The lowest BCUT2D eigenvalue weighted by atomic mass is 10.1. The number of hydrogen-bond acceptors (Lipinski definition) is 3. The van der Waals surface area contributed by atoms with E-state index in [0.717, 1.165) is 16.7 Å². The van der Waals surface area contributed by atoms with Gasteiger partial charge in [0.25, 0.3) is 0 Å². The maximum atomic E-state index is 12.3. The van der Waals surface area contributed by atoms with Gasteiger partial charge in [-0.3, -0.25) is 0 Å². The van der Waals surface area contributed by atoms with Crippen LogP contribution in [0.15, 0.2) is 53.4 Å². The molecule has 4 nitrogen and oxygen atoms in total. The summed E-state index contributed by atoms with van der Waals surface area (Å²) in [7, 11) is -3.46. The van der Waals surface area contributed by atoms with Crippen LogP contribution in [0.1, 0.15) is 36.1 Å². The van der Waals surface area contributed by atoms with Crippen molar-refractivity contribution < 1.29 is 13.2 Å². The fourth-order valence-corrected chi connectivity index (χ4v) is 3.48. The molecule has 0 aliphatic carbocycles. The molecule has 5 heteroatoms. The molecule has 2 aromatic rings. The zero-order valence-corrected chi connectivity index (χ0v) is 15.3. The van der Waals surface area contributed by atoms with Crippen molar-refractivity contribution >= 4 is 10.0 Å². The van der Waals surface area contributed by atoms with Crippen molar-refractivity contribution in [2.45, 2.75) is 38.2 Å². The number of ether oxygens (including phenoxy) is 1. The summed E-state index contributed by atoms with van der Waals surface area (Å²) in [6.45, 7) is 6.73. The molecule has 24 heavy (non-hydrogen) atoms. The highest BCUT2D eigenvalue weighted by atomic mass is 32.2. The standard InChI is InChI=1S/C19H25NO3S/c1-15-10-11-19(14-16(15)2)24(21,22)20-12-7-13-23-17(3)18-8-5-4-6-9-18/h4-6,8-11,14,17,20H,7,12-13H2,1-3H3. The van der Waals surface area contributed by atoms with Gasteiger partial charge in [0.2, 0.25) is 10.0 Å². The SMILES string of the molecule is Cc1ccc(S(=O)(=O)NCCCOC(C)c2ccccc2)cc1C. The molecule has 130 valence electrons. The number of rotatable bonds is 8. The molecule has 0 amide bonds. The molecule has 0 aliphatic rings. The Morgan fingerprint density at radius 3 is 2.42 bits per heavy atom. The molecule has 2 aromatic carbocycles. The smallest absolute Gasteiger partial charge is 0.240 e. The Morgan fingerprint density at radius 2 is 1.75 bits per heavy atom. The van der Waals surface area contributed by atoms with E-state index in [1.807, 2.05) is 57.2 Å². The van der Waals surface area contributed by atoms with Gasteiger partial charge in [0.05, 0.1) is 11.0 Å². The zero-order chi connectivity index (χ0) is 17.6. The van der Waals surface area contributed by atoms with Crippen LogP contribution in [-0.2, 0) is 14.8 Å². The van der Waals surface area contributed by atoms with Crippen LogP contribution < -0.4 is 4.72 Å². The summed E-state index contributed by atoms with van der Waals surface area (Å²) in [6.07, 6.45) is 0.629. The van der Waals surface area contributed by atoms with Crippen LogP contribution >= 0.6 is 0 Å². The Labute approximate surface area is 144 Å². The van der Waals surface area contributed by atoms with Crippen LogP contribution in [0.3, 0.4) is 0 Å². The van der Waals surface area contributed by atoms with E-state index in [1.54, 1.807) is 12.1 Å². The van der Waals surface area contributed by atoms with E-state index in [-0.39, 0.29) is 6.10 Å². The van der Waals surface area contributed by atoms with Gasteiger partial charge in [-0.15, -0.1) is 0 Å². The third-order valence-corrected chi connectivity index (χ3v) is 5.50. The van der Waals surface area contributed by atoms with Gasteiger partial charge in [0, 0.05) is 13.2 Å². The second-order valence-corrected chi connectivity index (χ2v) is 7.69. The first-order chi connectivity index (χ1) is 11.4. The molecule has 0 spiro atoms. The molecule has 0 radical (unpaired) electrons. The molecule has 1 unspecified atom stereocenters. The number of sulfonamides is 1. The van der Waals surface area contributed by atoms with Crippen LogP contribution in [0.4, 0.5) is 0 Å². The summed E-state index contributed by atoms with van der Waals surface area (Å²) in [5, 5.41) is 0. The molecule has 0 heterocycles. The van der Waals surface area contributed by atoms with Gasteiger partial charge in [-0.1, -0.05) is 36.4 Å². The molecule has 0 aromatic heterocycles. The van der Waals surface area contributed by atoms with Crippen molar-refractivity contribution in [2.75, 3.05) is 13.2 Å². The maximum absolute atomic E-state index is 12.3. The monoisotopic (exact) mass is 347 g/mol. The van der Waals surface area contributed by atoms with Gasteiger partial charge in [-0.2, -0.15) is 0 Å². The number of nitrogens with one attached hydrogen (secondary N) is 1. The Morgan fingerprint density at radius 1 is 1.04 bits per heavy atom. The zero-order valence-electron chi connectivity index (χ0n) is 14.5. The van der Waals surface area contributed by atoms with Crippen LogP contribution in [-0.4, -0.2) is 21.6 Å². The molecular weight excluding hydrogens is 322 g/mol. The number of benzene rings is 2. The average molecular weight is 347 g/mol. The van der Waals surface area contributed by atoms with E-state index >= 15 is 0 Å². The predicted molar refractivity (Wildman–Crippen MR) is 96.5 cm³/mol. The minimum Gasteiger partial charge on any atom is -0.374 e. The third-order valence-electron chi connectivity index (χ3n) is 4.04. The van der Waals surface area contributed by atoms with Crippen molar-refractivity contribution in [1.29, 1.82) is 0 Å². The number of aryl methyl sites for hydroxylation is 2. The second kappa shape index (κ2) is 8.42. The molecule has 1 atom stereocenters. The molecule has 0 saturated carbocycles. The summed E-state index contributed by atoms with van der Waals surface area (Å²) < 4.78 is 32.9. The first-order valence-electron chi connectivity index (χ1n) is 8.13. The van der Waals surface area contributed by atoms with E-state index in [9.17, 15) is 8.42 Å². The third kappa shape index (κ3) is 5.16. The van der Waals surface area contributed by atoms with Gasteiger partial charge in [-0.25, -0.2) is 13.1 Å². The summed E-state index contributed by atoms with van der Waals surface area (Å²) in [5.74, 6) is 0. The molecule has 0 fully saturated rings. The van der Waals surface area contributed by atoms with Crippen LogP contribution in [0.2, 0.25) is 0 Å². The van der Waals surface area contributed by atoms with Crippen LogP contribution in [0.25, 0.3) is 0 Å². The Kier molecular flexibility index (Phi) is 6.54. The lowest BCUT2D eigenvalue weighted by molar-refractivity contribution is 0.0647. The topological polar surface area (TPSA) is 55.4 Å². The molecule has 2 rings (SSSR count). The Hall–Kier alpha value is -1.69. The van der Waals surface area contributed by atoms with E-state index in [0.29, 0.717) is 24.5 Å². The molecule has 0 bridgehead atoms. The summed E-state index contributed by atoms with van der Waals surface area (Å²) in [5.41, 5.74) is 3.17. The van der Waals surface area contributed by atoms with Crippen molar-refractivity contribution in [2.24, 2.45) is 0 Å². The lowest BCUT2D eigenvalue weighted by Crippen LogP contribution is -2.25. The van der Waals surface area contributed by atoms with Gasteiger partial charge in [-0.05, 0) is 56.0 Å².